The van der Waals surface area contributed by atoms with Gasteiger partial charge in [0.15, 0.2) is 11.6 Å². The van der Waals surface area contributed by atoms with Gasteiger partial charge in [-0.3, -0.25) is 9.59 Å². The van der Waals surface area contributed by atoms with Crippen LogP contribution >= 0.6 is 0 Å². The smallest absolute Gasteiger partial charge is 0.333 e. The number of carbonyl (C=O) groups excluding carboxylic acids is 3. The normalized spacial score (nSPS) is 26.1. The maximum absolute atomic E-state index is 11.6. The average molecular weight is 280 g/mol. The van der Waals surface area contributed by atoms with Gasteiger partial charge in [0.2, 0.25) is 6.10 Å². The lowest BCUT2D eigenvalue weighted by Gasteiger charge is -2.18. The van der Waals surface area contributed by atoms with Crippen molar-refractivity contribution >= 4 is 17.5 Å². The lowest BCUT2D eigenvalue weighted by molar-refractivity contribution is -0.162. The maximum atomic E-state index is 11.6. The molecule has 0 aromatic heterocycles. The molecule has 1 unspecified atom stereocenters. The van der Waals surface area contributed by atoms with Crippen molar-refractivity contribution in [3.63, 3.8) is 0 Å². The van der Waals surface area contributed by atoms with Crippen LogP contribution in [-0.4, -0.2) is 36.4 Å². The summed E-state index contributed by atoms with van der Waals surface area (Å²) in [6.45, 7) is -0.189. The van der Waals surface area contributed by atoms with Gasteiger partial charge in [-0.15, -0.1) is 0 Å². The van der Waals surface area contributed by atoms with E-state index in [-0.39, 0.29) is 37.1 Å². The molecule has 5 heteroatoms. The Morgan fingerprint density at radius 1 is 1.10 bits per heavy atom. The summed E-state index contributed by atoms with van der Waals surface area (Å²) in [5, 5.41) is 0. The van der Waals surface area contributed by atoms with Gasteiger partial charge >= 0.3 is 5.97 Å². The first-order valence-corrected chi connectivity index (χ1v) is 7.18. The first kappa shape index (κ1) is 14.9. The van der Waals surface area contributed by atoms with Gasteiger partial charge in [0, 0.05) is 12.8 Å². The van der Waals surface area contributed by atoms with Crippen molar-refractivity contribution < 1.29 is 23.9 Å². The highest BCUT2D eigenvalue weighted by atomic mass is 16.6. The molecule has 0 aromatic carbocycles. The minimum Gasteiger partial charge on any atom is -0.445 e. The zero-order chi connectivity index (χ0) is 14.4. The van der Waals surface area contributed by atoms with E-state index in [1.807, 2.05) is 0 Å². The molecular weight excluding hydrogens is 260 g/mol. The lowest BCUT2D eigenvalue weighted by Crippen LogP contribution is -2.31. The van der Waals surface area contributed by atoms with Gasteiger partial charge in [0.05, 0.1) is 6.10 Å². The van der Waals surface area contributed by atoms with Crippen LogP contribution in [0.25, 0.3) is 0 Å². The first-order valence-electron chi connectivity index (χ1n) is 7.18. The van der Waals surface area contributed by atoms with Gasteiger partial charge in [-0.25, -0.2) is 4.79 Å². The zero-order valence-electron chi connectivity index (χ0n) is 11.5. The van der Waals surface area contributed by atoms with Crippen molar-refractivity contribution in [1.29, 1.82) is 0 Å². The number of Topliss-reactive ketones (excluding diaryl/α,β-unsaturated/α-hetero) is 2. The molecule has 0 amide bonds. The number of ketones is 2. The van der Waals surface area contributed by atoms with Crippen LogP contribution in [-0.2, 0) is 23.9 Å². The van der Waals surface area contributed by atoms with Crippen molar-refractivity contribution in [2.45, 2.75) is 57.2 Å². The minimum absolute atomic E-state index is 0.0440. The summed E-state index contributed by atoms with van der Waals surface area (Å²) in [4.78, 5) is 34.3. The lowest BCUT2D eigenvalue weighted by atomic mass is 10.0. The molecule has 0 spiro atoms. The predicted octanol–water partition coefficient (Wildman–Crippen LogP) is 1.74. The van der Waals surface area contributed by atoms with Gasteiger partial charge < -0.3 is 9.47 Å². The van der Waals surface area contributed by atoms with Crippen molar-refractivity contribution in [3.05, 3.63) is 12.2 Å². The Kier molecular flexibility index (Phi) is 5.47. The van der Waals surface area contributed by atoms with E-state index in [1.165, 1.54) is 0 Å². The number of rotatable bonds is 4. The molecule has 0 radical (unpaired) electrons. The minimum atomic E-state index is -1.19. The topological polar surface area (TPSA) is 69.7 Å². The van der Waals surface area contributed by atoms with Crippen LogP contribution in [0.15, 0.2) is 12.2 Å². The van der Waals surface area contributed by atoms with Crippen LogP contribution in [0.4, 0.5) is 0 Å². The number of carbonyl (C=O) groups is 3. The van der Waals surface area contributed by atoms with Crippen LogP contribution < -0.4 is 0 Å². The molecular formula is C15H20O5. The quantitative estimate of drug-likeness (QED) is 0.445. The van der Waals surface area contributed by atoms with E-state index in [9.17, 15) is 14.4 Å². The van der Waals surface area contributed by atoms with Crippen molar-refractivity contribution in [1.82, 2.24) is 0 Å². The molecule has 5 nitrogen and oxygen atoms in total. The molecule has 20 heavy (non-hydrogen) atoms. The second-order valence-corrected chi connectivity index (χ2v) is 5.22. The number of hydrogen-bond acceptors (Lipinski definition) is 5. The Balaban J connectivity index is 1.73. The van der Waals surface area contributed by atoms with Crippen LogP contribution in [0, 0.1) is 0 Å². The van der Waals surface area contributed by atoms with Crippen LogP contribution in [0.1, 0.15) is 44.9 Å². The van der Waals surface area contributed by atoms with Gasteiger partial charge in [0.1, 0.15) is 6.61 Å². The largest absolute Gasteiger partial charge is 0.445 e. The molecule has 0 aromatic rings. The third kappa shape index (κ3) is 4.27. The highest BCUT2D eigenvalue weighted by molar-refractivity contribution is 6.12. The molecule has 0 aliphatic heterocycles. The van der Waals surface area contributed by atoms with E-state index in [0.29, 0.717) is 0 Å². The molecule has 0 heterocycles. The molecule has 1 atom stereocenters. The molecule has 0 N–H and O–H groups in total. The summed E-state index contributed by atoms with van der Waals surface area (Å²) < 4.78 is 10.4. The maximum Gasteiger partial charge on any atom is 0.333 e. The van der Waals surface area contributed by atoms with Gasteiger partial charge in [-0.2, -0.15) is 0 Å². The van der Waals surface area contributed by atoms with Crippen LogP contribution in [0.3, 0.4) is 0 Å². The second-order valence-electron chi connectivity index (χ2n) is 5.22. The molecule has 0 bridgehead atoms. The van der Waals surface area contributed by atoms with Crippen molar-refractivity contribution in [2.24, 2.45) is 0 Å². The predicted molar refractivity (Wildman–Crippen MR) is 71.1 cm³/mol. The summed E-state index contributed by atoms with van der Waals surface area (Å²) >= 11 is 0. The zero-order valence-corrected chi connectivity index (χ0v) is 11.5. The molecule has 0 saturated heterocycles. The molecule has 1 saturated carbocycles. The number of hydrogen-bond donors (Lipinski definition) is 0. The fourth-order valence-corrected chi connectivity index (χ4v) is 2.46. The van der Waals surface area contributed by atoms with Crippen LogP contribution in [0.5, 0.6) is 0 Å². The third-order valence-corrected chi connectivity index (χ3v) is 3.61. The fraction of sp³-hybridized carbons (Fsp3) is 0.667. The molecule has 1 fully saturated rings. The van der Waals surface area contributed by atoms with E-state index in [2.05, 4.69) is 12.2 Å². The molecule has 2 rings (SSSR count). The van der Waals surface area contributed by atoms with E-state index in [0.717, 1.165) is 32.1 Å². The number of ether oxygens (including phenoxy) is 2. The summed E-state index contributed by atoms with van der Waals surface area (Å²) in [7, 11) is 0. The fourth-order valence-electron chi connectivity index (χ4n) is 2.46. The van der Waals surface area contributed by atoms with E-state index < -0.39 is 12.1 Å². The number of allylic oxidation sites excluding steroid dienone is 2. The highest BCUT2D eigenvalue weighted by Crippen LogP contribution is 2.17. The molecule has 2 aliphatic rings. The van der Waals surface area contributed by atoms with E-state index in [1.54, 1.807) is 0 Å². The van der Waals surface area contributed by atoms with E-state index in [4.69, 9.17) is 9.47 Å². The Hall–Kier alpha value is -1.49. The Morgan fingerprint density at radius 3 is 2.55 bits per heavy atom. The summed E-state index contributed by atoms with van der Waals surface area (Å²) in [6, 6.07) is 0. The van der Waals surface area contributed by atoms with Gasteiger partial charge in [-0.05, 0) is 32.1 Å². The van der Waals surface area contributed by atoms with Crippen molar-refractivity contribution in [3.8, 4) is 0 Å². The monoisotopic (exact) mass is 280 g/mol. The van der Waals surface area contributed by atoms with Crippen LogP contribution in [0.2, 0.25) is 0 Å². The Bertz CT molecular complexity index is 396. The standard InChI is InChI=1S/C15H20O5/c16-12-8-9-13(17)15(12)20-14(18)10-19-11-6-4-2-1-3-5-7-11/h1-2,11,15H,3-10H2/b2-1+. The Morgan fingerprint density at radius 2 is 1.80 bits per heavy atom. The SMILES string of the molecule is O=C(COC1CC/C=C/CCC1)OC1C(=O)CCC1=O. The highest BCUT2D eigenvalue weighted by Gasteiger charge is 2.36. The average Bonchev–Trinajstić information content (AvgIpc) is 2.69. The molecule has 110 valence electrons. The summed E-state index contributed by atoms with van der Waals surface area (Å²) in [5.74, 6) is -1.24. The van der Waals surface area contributed by atoms with E-state index >= 15 is 0 Å². The summed E-state index contributed by atoms with van der Waals surface area (Å²) in [5.41, 5.74) is 0. The first-order chi connectivity index (χ1) is 9.66. The van der Waals surface area contributed by atoms with Gasteiger partial charge in [-0.1, -0.05) is 12.2 Å². The number of esters is 1. The van der Waals surface area contributed by atoms with Gasteiger partial charge in [0.25, 0.3) is 0 Å². The second kappa shape index (κ2) is 7.33. The summed E-state index contributed by atoms with van der Waals surface area (Å²) in [6.07, 6.45) is 8.31. The molecule has 2 aliphatic carbocycles. The third-order valence-electron chi connectivity index (χ3n) is 3.61. The van der Waals surface area contributed by atoms with Crippen molar-refractivity contribution in [2.75, 3.05) is 6.61 Å². The Labute approximate surface area is 118 Å².